The topological polar surface area (TPSA) is 15.3 Å². The van der Waals surface area contributed by atoms with Gasteiger partial charge in [0.2, 0.25) is 0 Å². The van der Waals surface area contributed by atoms with Crippen LogP contribution in [0.2, 0.25) is 0 Å². The van der Waals surface area contributed by atoms with Crippen LogP contribution < -0.4 is 10.2 Å². The number of hydrogen-bond acceptors (Lipinski definition) is 2. The van der Waals surface area contributed by atoms with Gasteiger partial charge in [-0.1, -0.05) is 26.0 Å². The highest BCUT2D eigenvalue weighted by atomic mass is 15.2. The quantitative estimate of drug-likeness (QED) is 0.804. The lowest BCUT2D eigenvalue weighted by atomic mass is 10.1. The van der Waals surface area contributed by atoms with Gasteiger partial charge in [-0.3, -0.25) is 0 Å². The highest BCUT2D eigenvalue weighted by Gasteiger charge is 2.20. The number of benzene rings is 1. The molecular weight excluding hydrogens is 244 g/mol. The standard InChI is InChI=1S/C18H30N2/c1-13(2)12-20(14(3)4)18-9-6-16(10-15(18)5)11-19-17-7-8-17/h6,9-10,13-14,17,19H,7-8,11-12H2,1-5H3. The molecule has 1 N–H and O–H groups in total. The van der Waals surface area contributed by atoms with E-state index in [1.807, 2.05) is 0 Å². The molecule has 0 heterocycles. The summed E-state index contributed by atoms with van der Waals surface area (Å²) in [5.41, 5.74) is 4.20. The predicted molar refractivity (Wildman–Crippen MR) is 88.4 cm³/mol. The summed E-state index contributed by atoms with van der Waals surface area (Å²) < 4.78 is 0. The van der Waals surface area contributed by atoms with Crippen LogP contribution in [0.25, 0.3) is 0 Å². The Morgan fingerprint density at radius 3 is 2.40 bits per heavy atom. The van der Waals surface area contributed by atoms with Gasteiger partial charge in [-0.2, -0.15) is 0 Å². The van der Waals surface area contributed by atoms with Crippen molar-refractivity contribution < 1.29 is 0 Å². The second-order valence-electron chi connectivity index (χ2n) is 6.92. The molecule has 1 fully saturated rings. The minimum absolute atomic E-state index is 0.548. The molecule has 112 valence electrons. The third kappa shape index (κ3) is 4.24. The summed E-state index contributed by atoms with van der Waals surface area (Å²) in [5.74, 6) is 0.688. The van der Waals surface area contributed by atoms with Crippen molar-refractivity contribution in [3.63, 3.8) is 0 Å². The van der Waals surface area contributed by atoms with Gasteiger partial charge in [0.15, 0.2) is 0 Å². The summed E-state index contributed by atoms with van der Waals surface area (Å²) in [4.78, 5) is 2.53. The lowest BCUT2D eigenvalue weighted by Gasteiger charge is -2.32. The molecule has 1 aromatic carbocycles. The van der Waals surface area contributed by atoms with E-state index in [-0.39, 0.29) is 0 Å². The van der Waals surface area contributed by atoms with E-state index in [4.69, 9.17) is 0 Å². The van der Waals surface area contributed by atoms with Crippen LogP contribution in [0.5, 0.6) is 0 Å². The first-order chi connectivity index (χ1) is 9.47. The fourth-order valence-corrected chi connectivity index (χ4v) is 2.68. The van der Waals surface area contributed by atoms with E-state index in [9.17, 15) is 0 Å². The second-order valence-corrected chi connectivity index (χ2v) is 6.92. The van der Waals surface area contributed by atoms with Crippen LogP contribution in [0.3, 0.4) is 0 Å². The molecule has 0 radical (unpaired) electrons. The van der Waals surface area contributed by atoms with Crippen LogP contribution in [0.1, 0.15) is 51.7 Å². The smallest absolute Gasteiger partial charge is 0.0398 e. The predicted octanol–water partition coefficient (Wildman–Crippen LogP) is 4.12. The number of anilines is 1. The molecule has 0 aliphatic heterocycles. The lowest BCUT2D eigenvalue weighted by Crippen LogP contribution is -2.34. The zero-order chi connectivity index (χ0) is 14.7. The van der Waals surface area contributed by atoms with Crippen molar-refractivity contribution >= 4 is 5.69 Å². The number of nitrogens with zero attached hydrogens (tertiary/aromatic N) is 1. The first-order valence-electron chi connectivity index (χ1n) is 8.07. The van der Waals surface area contributed by atoms with Gasteiger partial charge in [-0.05, 0) is 56.7 Å². The number of aryl methyl sites for hydroxylation is 1. The first kappa shape index (κ1) is 15.4. The number of hydrogen-bond donors (Lipinski definition) is 1. The Kier molecular flexibility index (Phi) is 5.09. The molecule has 2 nitrogen and oxygen atoms in total. The third-order valence-corrected chi connectivity index (χ3v) is 3.93. The van der Waals surface area contributed by atoms with Gasteiger partial charge < -0.3 is 10.2 Å². The summed E-state index contributed by atoms with van der Waals surface area (Å²) >= 11 is 0. The Morgan fingerprint density at radius 1 is 1.20 bits per heavy atom. The minimum Gasteiger partial charge on any atom is -0.369 e. The second kappa shape index (κ2) is 6.62. The van der Waals surface area contributed by atoms with Crippen molar-refractivity contribution in [2.45, 2.75) is 66.1 Å². The van der Waals surface area contributed by atoms with E-state index < -0.39 is 0 Å². The Balaban J connectivity index is 2.09. The van der Waals surface area contributed by atoms with Crippen LogP contribution in [0.15, 0.2) is 18.2 Å². The molecule has 0 saturated heterocycles. The molecule has 1 saturated carbocycles. The molecule has 1 aliphatic rings. The molecule has 2 heteroatoms. The van der Waals surface area contributed by atoms with E-state index >= 15 is 0 Å². The van der Waals surface area contributed by atoms with Crippen LogP contribution in [-0.2, 0) is 6.54 Å². The Labute approximate surface area is 124 Å². The summed E-state index contributed by atoms with van der Waals surface area (Å²) in [6.45, 7) is 13.5. The molecule has 1 aromatic rings. The van der Waals surface area contributed by atoms with Crippen molar-refractivity contribution in [3.8, 4) is 0 Å². The number of nitrogens with one attached hydrogen (secondary N) is 1. The largest absolute Gasteiger partial charge is 0.369 e. The average molecular weight is 274 g/mol. The van der Waals surface area contributed by atoms with Gasteiger partial charge in [0, 0.05) is 30.9 Å². The molecule has 1 aliphatic carbocycles. The van der Waals surface area contributed by atoms with Gasteiger partial charge in [0.05, 0.1) is 0 Å². The van der Waals surface area contributed by atoms with Crippen molar-refractivity contribution in [1.29, 1.82) is 0 Å². The van der Waals surface area contributed by atoms with Crippen LogP contribution in [0, 0.1) is 12.8 Å². The highest BCUT2D eigenvalue weighted by Crippen LogP contribution is 2.25. The van der Waals surface area contributed by atoms with E-state index in [0.717, 1.165) is 19.1 Å². The van der Waals surface area contributed by atoms with Crippen LogP contribution in [-0.4, -0.2) is 18.6 Å². The fraction of sp³-hybridized carbons (Fsp3) is 0.667. The average Bonchev–Trinajstić information content (AvgIpc) is 3.17. The van der Waals surface area contributed by atoms with Crippen molar-refractivity contribution in [1.82, 2.24) is 5.32 Å². The fourth-order valence-electron chi connectivity index (χ4n) is 2.68. The molecule has 0 unspecified atom stereocenters. The summed E-state index contributed by atoms with van der Waals surface area (Å²) in [7, 11) is 0. The maximum Gasteiger partial charge on any atom is 0.0398 e. The van der Waals surface area contributed by atoms with E-state index in [1.54, 1.807) is 0 Å². The van der Waals surface area contributed by atoms with E-state index in [1.165, 1.54) is 29.7 Å². The van der Waals surface area contributed by atoms with Crippen LogP contribution in [0.4, 0.5) is 5.69 Å². The zero-order valence-electron chi connectivity index (χ0n) is 13.7. The van der Waals surface area contributed by atoms with Gasteiger partial charge in [0.25, 0.3) is 0 Å². The van der Waals surface area contributed by atoms with Crippen LogP contribution >= 0.6 is 0 Å². The normalized spacial score (nSPS) is 15.2. The molecule has 0 amide bonds. The maximum atomic E-state index is 3.59. The summed E-state index contributed by atoms with van der Waals surface area (Å²) in [5, 5.41) is 3.59. The maximum absolute atomic E-state index is 3.59. The monoisotopic (exact) mass is 274 g/mol. The molecule has 0 bridgehead atoms. The molecule has 0 spiro atoms. The molecule has 0 atom stereocenters. The highest BCUT2D eigenvalue weighted by molar-refractivity contribution is 5.55. The lowest BCUT2D eigenvalue weighted by molar-refractivity contribution is 0.570. The molecule has 20 heavy (non-hydrogen) atoms. The SMILES string of the molecule is Cc1cc(CNC2CC2)ccc1N(CC(C)C)C(C)C. The minimum atomic E-state index is 0.548. The molecule has 2 rings (SSSR count). The van der Waals surface area contributed by atoms with E-state index in [2.05, 4.69) is 63.0 Å². The van der Waals surface area contributed by atoms with Crippen molar-refractivity contribution in [3.05, 3.63) is 29.3 Å². The summed E-state index contributed by atoms with van der Waals surface area (Å²) in [6.07, 6.45) is 2.71. The van der Waals surface area contributed by atoms with Crippen molar-refractivity contribution in [2.75, 3.05) is 11.4 Å². The zero-order valence-corrected chi connectivity index (χ0v) is 13.7. The number of rotatable bonds is 7. The molecule has 0 aromatic heterocycles. The Morgan fingerprint density at radius 2 is 1.90 bits per heavy atom. The molecular formula is C18H30N2. The Bertz CT molecular complexity index is 433. The first-order valence-corrected chi connectivity index (χ1v) is 8.07. The van der Waals surface area contributed by atoms with Crippen molar-refractivity contribution in [2.24, 2.45) is 5.92 Å². The third-order valence-electron chi connectivity index (χ3n) is 3.93. The van der Waals surface area contributed by atoms with Gasteiger partial charge >= 0.3 is 0 Å². The summed E-state index contributed by atoms with van der Waals surface area (Å²) in [6, 6.07) is 8.27. The van der Waals surface area contributed by atoms with Gasteiger partial charge in [0.1, 0.15) is 0 Å². The van der Waals surface area contributed by atoms with E-state index in [0.29, 0.717) is 12.0 Å². The van der Waals surface area contributed by atoms with Gasteiger partial charge in [-0.15, -0.1) is 0 Å². The van der Waals surface area contributed by atoms with Gasteiger partial charge in [-0.25, -0.2) is 0 Å². The Hall–Kier alpha value is -1.02.